The van der Waals surface area contributed by atoms with Crippen molar-refractivity contribution in [3.63, 3.8) is 0 Å². The van der Waals surface area contributed by atoms with Gasteiger partial charge < -0.3 is 15.1 Å². The van der Waals surface area contributed by atoms with Gasteiger partial charge in [-0.3, -0.25) is 4.79 Å². The number of amides is 1. The summed E-state index contributed by atoms with van der Waals surface area (Å²) in [5.41, 5.74) is 0.212. The summed E-state index contributed by atoms with van der Waals surface area (Å²) in [6, 6.07) is 9.63. The van der Waals surface area contributed by atoms with Crippen molar-refractivity contribution in [3.05, 3.63) is 52.8 Å². The first-order valence-corrected chi connectivity index (χ1v) is 8.96. The highest BCUT2D eigenvalue weighted by Crippen LogP contribution is 2.22. The maximum Gasteiger partial charge on any atom is 0.258 e. The largest absolute Gasteiger partial charge is 0.357 e. The number of carbonyl (C=O) groups is 1. The first-order valence-electron chi connectivity index (χ1n) is 8.59. The third-order valence-electron chi connectivity index (χ3n) is 4.75. The number of rotatable bonds is 4. The predicted molar refractivity (Wildman–Crippen MR) is 103 cm³/mol. The van der Waals surface area contributed by atoms with Crippen LogP contribution in [0, 0.1) is 5.82 Å². The van der Waals surface area contributed by atoms with Crippen molar-refractivity contribution in [2.75, 3.05) is 37.4 Å². The van der Waals surface area contributed by atoms with Crippen LogP contribution >= 0.6 is 11.6 Å². The topological polar surface area (TPSA) is 48.5 Å². The van der Waals surface area contributed by atoms with Gasteiger partial charge in [0.2, 0.25) is 0 Å². The fourth-order valence-corrected chi connectivity index (χ4v) is 3.37. The van der Waals surface area contributed by atoms with Crippen LogP contribution in [0.4, 0.5) is 16.0 Å². The fraction of sp³-hybridized carbons (Fsp3) is 0.368. The monoisotopic (exact) mass is 376 g/mol. The quantitative estimate of drug-likeness (QED) is 0.884. The summed E-state index contributed by atoms with van der Waals surface area (Å²) >= 11 is 5.95. The molecule has 2 heterocycles. The van der Waals surface area contributed by atoms with Crippen molar-refractivity contribution in [2.24, 2.45) is 0 Å². The van der Waals surface area contributed by atoms with Gasteiger partial charge in [-0.1, -0.05) is 17.7 Å². The highest BCUT2D eigenvalue weighted by atomic mass is 35.5. The molecule has 1 aromatic carbocycles. The molecule has 1 aliphatic heterocycles. The van der Waals surface area contributed by atoms with Gasteiger partial charge in [0.15, 0.2) is 0 Å². The van der Waals surface area contributed by atoms with E-state index in [1.807, 2.05) is 19.2 Å². The first-order chi connectivity index (χ1) is 12.4. The number of piperidine rings is 1. The third kappa shape index (κ3) is 4.31. The second kappa shape index (κ2) is 8.01. The van der Waals surface area contributed by atoms with Gasteiger partial charge in [0.1, 0.15) is 17.5 Å². The van der Waals surface area contributed by atoms with Crippen LogP contribution in [-0.4, -0.2) is 49.0 Å². The molecule has 1 saturated heterocycles. The van der Waals surface area contributed by atoms with Crippen molar-refractivity contribution >= 4 is 29.1 Å². The second-order valence-electron chi connectivity index (χ2n) is 6.60. The number of halogens is 2. The molecule has 0 spiro atoms. The van der Waals surface area contributed by atoms with Gasteiger partial charge >= 0.3 is 0 Å². The zero-order valence-electron chi connectivity index (χ0n) is 14.9. The zero-order valence-corrected chi connectivity index (χ0v) is 15.6. The molecule has 138 valence electrons. The number of nitrogens with one attached hydrogen (secondary N) is 1. The highest BCUT2D eigenvalue weighted by Gasteiger charge is 2.22. The summed E-state index contributed by atoms with van der Waals surface area (Å²) in [6.45, 7) is 2.13. The van der Waals surface area contributed by atoms with Gasteiger partial charge in [0, 0.05) is 13.1 Å². The predicted octanol–water partition coefficient (Wildman–Crippen LogP) is 3.66. The molecule has 0 bridgehead atoms. The second-order valence-corrected chi connectivity index (χ2v) is 7.01. The van der Waals surface area contributed by atoms with Gasteiger partial charge in [0.05, 0.1) is 10.6 Å². The Kier molecular flexibility index (Phi) is 5.74. The Balaban J connectivity index is 1.71. The van der Waals surface area contributed by atoms with Crippen LogP contribution in [0.1, 0.15) is 23.2 Å². The third-order valence-corrected chi connectivity index (χ3v) is 5.06. The van der Waals surface area contributed by atoms with E-state index in [-0.39, 0.29) is 10.6 Å². The maximum atomic E-state index is 13.1. The van der Waals surface area contributed by atoms with Gasteiger partial charge in [-0.2, -0.15) is 0 Å². The molecule has 0 aliphatic carbocycles. The van der Waals surface area contributed by atoms with Crippen LogP contribution in [0.3, 0.4) is 0 Å². The number of nitrogens with zero attached hydrogens (tertiary/aromatic N) is 3. The van der Waals surface area contributed by atoms with Gasteiger partial charge in [-0.25, -0.2) is 9.37 Å². The van der Waals surface area contributed by atoms with Crippen LogP contribution in [0.2, 0.25) is 5.02 Å². The van der Waals surface area contributed by atoms with Crippen LogP contribution in [0.25, 0.3) is 0 Å². The molecular formula is C19H22ClFN4O. The van der Waals surface area contributed by atoms with Crippen molar-refractivity contribution in [3.8, 4) is 0 Å². The zero-order chi connectivity index (χ0) is 18.7. The number of hydrogen-bond donors (Lipinski definition) is 1. The molecule has 2 aromatic rings. The molecule has 1 N–H and O–H groups in total. The van der Waals surface area contributed by atoms with E-state index in [0.717, 1.165) is 37.8 Å². The van der Waals surface area contributed by atoms with Crippen LogP contribution in [-0.2, 0) is 0 Å². The smallest absolute Gasteiger partial charge is 0.258 e. The van der Waals surface area contributed by atoms with E-state index in [1.54, 1.807) is 6.07 Å². The highest BCUT2D eigenvalue weighted by molar-refractivity contribution is 6.34. The van der Waals surface area contributed by atoms with Crippen molar-refractivity contribution in [1.82, 2.24) is 9.88 Å². The standard InChI is InChI=1S/C19H22ClFN4O/c1-24-10-8-14(9-11-24)25(2)18-5-3-4-17(22-18)23-19(26)15-7-6-13(21)12-16(15)20/h3-7,12,14H,8-11H2,1-2H3,(H,22,23,26). The molecule has 0 radical (unpaired) electrons. The number of anilines is 2. The fourth-order valence-electron chi connectivity index (χ4n) is 3.12. The molecule has 0 saturated carbocycles. The minimum atomic E-state index is -0.480. The molecule has 5 nitrogen and oxygen atoms in total. The van der Waals surface area contributed by atoms with Crippen LogP contribution in [0.15, 0.2) is 36.4 Å². The minimum absolute atomic E-state index is 0.0714. The number of benzene rings is 1. The first kappa shape index (κ1) is 18.6. The number of pyridine rings is 1. The molecule has 1 amide bonds. The average molecular weight is 377 g/mol. The number of hydrogen-bond acceptors (Lipinski definition) is 4. The van der Waals surface area contributed by atoms with Crippen molar-refractivity contribution in [1.29, 1.82) is 0 Å². The summed E-state index contributed by atoms with van der Waals surface area (Å²) < 4.78 is 13.1. The molecule has 1 fully saturated rings. The number of aromatic nitrogens is 1. The molecular weight excluding hydrogens is 355 g/mol. The van der Waals surface area contributed by atoms with E-state index >= 15 is 0 Å². The summed E-state index contributed by atoms with van der Waals surface area (Å²) in [5.74, 6) is 0.350. The Labute approximate surface area is 157 Å². The summed E-state index contributed by atoms with van der Waals surface area (Å²) in [5, 5.41) is 2.80. The molecule has 26 heavy (non-hydrogen) atoms. The summed E-state index contributed by atoms with van der Waals surface area (Å²) in [4.78, 5) is 21.4. The Morgan fingerprint density at radius 3 is 2.73 bits per heavy atom. The Morgan fingerprint density at radius 2 is 2.04 bits per heavy atom. The van der Waals surface area contributed by atoms with E-state index in [9.17, 15) is 9.18 Å². The molecule has 1 aromatic heterocycles. The lowest BCUT2D eigenvalue weighted by Crippen LogP contribution is -2.42. The minimum Gasteiger partial charge on any atom is -0.357 e. The Hall–Kier alpha value is -2.18. The lowest BCUT2D eigenvalue weighted by Gasteiger charge is -2.35. The molecule has 0 atom stereocenters. The van der Waals surface area contributed by atoms with Gasteiger partial charge in [-0.15, -0.1) is 0 Å². The van der Waals surface area contributed by atoms with Crippen LogP contribution < -0.4 is 10.2 Å². The van der Waals surface area contributed by atoms with Gasteiger partial charge in [-0.05, 0) is 63.3 Å². The van der Waals surface area contributed by atoms with Gasteiger partial charge in [0.25, 0.3) is 5.91 Å². The van der Waals surface area contributed by atoms with Crippen LogP contribution in [0.5, 0.6) is 0 Å². The Morgan fingerprint density at radius 1 is 1.31 bits per heavy atom. The van der Waals surface area contributed by atoms with E-state index in [2.05, 4.69) is 27.1 Å². The number of carbonyl (C=O) groups excluding carboxylic acids is 1. The lowest BCUT2D eigenvalue weighted by atomic mass is 10.0. The number of likely N-dealkylation sites (tertiary alicyclic amines) is 1. The maximum absolute atomic E-state index is 13.1. The average Bonchev–Trinajstić information content (AvgIpc) is 2.62. The van der Waals surface area contributed by atoms with E-state index in [4.69, 9.17) is 11.6 Å². The molecule has 1 aliphatic rings. The van der Waals surface area contributed by atoms with E-state index in [1.165, 1.54) is 12.1 Å². The summed E-state index contributed by atoms with van der Waals surface area (Å²) in [7, 11) is 4.16. The van der Waals surface area contributed by atoms with E-state index in [0.29, 0.717) is 11.9 Å². The molecule has 7 heteroatoms. The van der Waals surface area contributed by atoms with E-state index < -0.39 is 11.7 Å². The Bertz CT molecular complexity index is 793. The molecule has 3 rings (SSSR count). The van der Waals surface area contributed by atoms with Crippen molar-refractivity contribution < 1.29 is 9.18 Å². The normalized spacial score (nSPS) is 15.7. The van der Waals surface area contributed by atoms with Crippen molar-refractivity contribution in [2.45, 2.75) is 18.9 Å². The summed E-state index contributed by atoms with van der Waals surface area (Å²) in [6.07, 6.45) is 2.16. The molecule has 0 unspecified atom stereocenters. The lowest BCUT2D eigenvalue weighted by molar-refractivity contribution is 0.102. The SMILES string of the molecule is CN1CCC(N(C)c2cccc(NC(=O)c3ccc(F)cc3Cl)n2)CC1.